The highest BCUT2D eigenvalue weighted by molar-refractivity contribution is 7.94. The van der Waals surface area contributed by atoms with Crippen molar-refractivity contribution < 1.29 is 8.68 Å². The summed E-state index contributed by atoms with van der Waals surface area (Å²) in [5.41, 5.74) is 1.26. The van der Waals surface area contributed by atoms with Gasteiger partial charge in [0, 0.05) is 5.71 Å². The number of halogens is 1. The molecule has 2 rings (SSSR count). The average molecular weight is 224 g/mol. The molecule has 0 saturated heterocycles. The molecule has 0 radical (unpaired) electrons. The van der Waals surface area contributed by atoms with Crippen LogP contribution in [0.4, 0.5) is 9.57 Å². The molecule has 0 bridgehead atoms. The van der Waals surface area contributed by atoms with E-state index in [-0.39, 0.29) is 18.1 Å². The lowest BCUT2D eigenvalue weighted by molar-refractivity contribution is -0.116. The zero-order valence-corrected chi connectivity index (χ0v) is 8.92. The molecule has 0 spiro atoms. The number of amides is 1. The first-order valence-corrected chi connectivity index (χ1v) is 5.18. The van der Waals surface area contributed by atoms with Crippen LogP contribution in [0.15, 0.2) is 34.3 Å². The van der Waals surface area contributed by atoms with Crippen molar-refractivity contribution in [3.63, 3.8) is 0 Å². The molecule has 1 heterocycles. The van der Waals surface area contributed by atoms with Crippen LogP contribution in [0.25, 0.3) is 0 Å². The summed E-state index contributed by atoms with van der Waals surface area (Å²) >= 11 is 0.122. The Morgan fingerprint density at radius 3 is 2.80 bits per heavy atom. The van der Waals surface area contributed by atoms with Gasteiger partial charge in [-0.25, -0.2) is 0 Å². The van der Waals surface area contributed by atoms with Crippen LogP contribution < -0.4 is 5.01 Å². The minimum atomic E-state index is -0.117. The molecule has 0 unspecified atom stereocenters. The van der Waals surface area contributed by atoms with Crippen LogP contribution in [-0.2, 0) is 4.79 Å². The van der Waals surface area contributed by atoms with E-state index in [0.717, 1.165) is 5.71 Å². The number of rotatable bonds is 2. The Kier molecular flexibility index (Phi) is 2.73. The summed E-state index contributed by atoms with van der Waals surface area (Å²) in [6.07, 6.45) is 0.311. The van der Waals surface area contributed by atoms with Crippen molar-refractivity contribution in [1.82, 2.24) is 0 Å². The lowest BCUT2D eigenvalue weighted by Crippen LogP contribution is -2.19. The third-order valence-corrected chi connectivity index (χ3v) is 2.60. The van der Waals surface area contributed by atoms with Crippen LogP contribution in [0, 0.1) is 0 Å². The maximum absolute atomic E-state index is 12.6. The van der Waals surface area contributed by atoms with Crippen molar-refractivity contribution in [2.45, 2.75) is 18.2 Å². The van der Waals surface area contributed by atoms with E-state index in [1.807, 2.05) is 0 Å². The molecule has 1 aliphatic heterocycles. The molecule has 1 amide bonds. The van der Waals surface area contributed by atoms with Crippen molar-refractivity contribution in [1.29, 1.82) is 0 Å². The maximum Gasteiger partial charge on any atom is 0.253 e. The first-order valence-electron chi connectivity index (χ1n) is 4.47. The van der Waals surface area contributed by atoms with E-state index in [2.05, 4.69) is 5.10 Å². The fraction of sp³-hybridized carbons (Fsp3) is 0.200. The molecule has 0 saturated carbocycles. The molecule has 0 N–H and O–H groups in total. The second-order valence-corrected chi connectivity index (χ2v) is 3.86. The molecule has 1 aromatic carbocycles. The third-order valence-electron chi connectivity index (χ3n) is 2.09. The topological polar surface area (TPSA) is 32.7 Å². The Morgan fingerprint density at radius 1 is 1.47 bits per heavy atom. The number of carbonyl (C=O) groups excluding carboxylic acids is 1. The minimum absolute atomic E-state index is 0.117. The first kappa shape index (κ1) is 10.2. The van der Waals surface area contributed by atoms with E-state index in [0.29, 0.717) is 17.0 Å². The van der Waals surface area contributed by atoms with Crippen LogP contribution in [0.1, 0.15) is 13.3 Å². The van der Waals surface area contributed by atoms with Crippen molar-refractivity contribution in [2.24, 2.45) is 5.10 Å². The van der Waals surface area contributed by atoms with Crippen molar-refractivity contribution in [3.05, 3.63) is 24.3 Å². The summed E-state index contributed by atoms with van der Waals surface area (Å²) in [6.45, 7) is 1.78. The fourth-order valence-corrected chi connectivity index (χ4v) is 1.80. The van der Waals surface area contributed by atoms with Gasteiger partial charge in [0.05, 0.1) is 29.2 Å². The molecule has 3 nitrogen and oxygen atoms in total. The predicted molar refractivity (Wildman–Crippen MR) is 58.6 cm³/mol. The van der Waals surface area contributed by atoms with Crippen LogP contribution in [0.5, 0.6) is 0 Å². The zero-order valence-electron chi connectivity index (χ0n) is 8.11. The summed E-state index contributed by atoms with van der Waals surface area (Å²) in [6, 6.07) is 6.78. The van der Waals surface area contributed by atoms with Crippen LogP contribution >= 0.6 is 12.1 Å². The van der Waals surface area contributed by atoms with Gasteiger partial charge in [-0.1, -0.05) is 12.1 Å². The number of hydrogen-bond acceptors (Lipinski definition) is 3. The van der Waals surface area contributed by atoms with Gasteiger partial charge in [-0.05, 0) is 19.1 Å². The Balaban J connectivity index is 2.41. The molecule has 1 aliphatic rings. The first-order chi connectivity index (χ1) is 7.22. The van der Waals surface area contributed by atoms with Crippen molar-refractivity contribution >= 4 is 29.5 Å². The number of hydrazone groups is 1. The smallest absolute Gasteiger partial charge is 0.253 e. The maximum atomic E-state index is 12.6. The second-order valence-electron chi connectivity index (χ2n) is 3.26. The van der Waals surface area contributed by atoms with E-state index >= 15 is 0 Å². The summed E-state index contributed by atoms with van der Waals surface area (Å²) in [4.78, 5) is 11.9. The molecule has 0 aliphatic carbocycles. The lowest BCUT2D eigenvalue weighted by Gasteiger charge is -2.13. The Morgan fingerprint density at radius 2 is 2.20 bits per heavy atom. The Labute approximate surface area is 91.3 Å². The molecule has 1 aromatic rings. The summed E-state index contributed by atoms with van der Waals surface area (Å²) in [5, 5.41) is 5.33. The van der Waals surface area contributed by atoms with Crippen molar-refractivity contribution in [2.75, 3.05) is 5.01 Å². The molecular formula is C10H9FN2OS. The molecular weight excluding hydrogens is 215 g/mol. The van der Waals surface area contributed by atoms with Gasteiger partial charge in [0.2, 0.25) is 0 Å². The molecule has 78 valence electrons. The number of para-hydroxylation sites is 1. The van der Waals surface area contributed by atoms with Gasteiger partial charge in [-0.15, -0.1) is 0 Å². The minimum Gasteiger partial charge on any atom is -0.272 e. The lowest BCUT2D eigenvalue weighted by atomic mass is 10.3. The Hall–Kier alpha value is -1.36. The van der Waals surface area contributed by atoms with Gasteiger partial charge in [0.15, 0.2) is 0 Å². The molecule has 0 atom stereocenters. The van der Waals surface area contributed by atoms with E-state index in [9.17, 15) is 8.68 Å². The van der Waals surface area contributed by atoms with E-state index < -0.39 is 0 Å². The van der Waals surface area contributed by atoms with Crippen molar-refractivity contribution in [3.8, 4) is 0 Å². The monoisotopic (exact) mass is 224 g/mol. The molecule has 0 fully saturated rings. The number of carbonyl (C=O) groups is 1. The normalized spacial score (nSPS) is 15.7. The highest BCUT2D eigenvalue weighted by Gasteiger charge is 2.24. The predicted octanol–water partition coefficient (Wildman–Crippen LogP) is 2.78. The van der Waals surface area contributed by atoms with E-state index in [4.69, 9.17) is 0 Å². The van der Waals surface area contributed by atoms with Crippen LogP contribution in [0.2, 0.25) is 0 Å². The van der Waals surface area contributed by atoms with Gasteiger partial charge in [-0.2, -0.15) is 14.0 Å². The number of nitrogens with zero attached hydrogens (tertiary/aromatic N) is 2. The molecule has 15 heavy (non-hydrogen) atoms. The number of benzene rings is 1. The zero-order chi connectivity index (χ0) is 10.8. The van der Waals surface area contributed by atoms with Gasteiger partial charge >= 0.3 is 0 Å². The Bertz CT molecular complexity index is 433. The fourth-order valence-electron chi connectivity index (χ4n) is 1.44. The number of anilines is 1. The quantitative estimate of drug-likeness (QED) is 0.773. The van der Waals surface area contributed by atoms with Crippen LogP contribution in [0.3, 0.4) is 0 Å². The standard InChI is InChI=1S/C10H9FN2OS/c1-7-6-10(14)13(12-7)8-4-2-3-5-9(8)15-11/h2-5H,6H2,1H3. The largest absolute Gasteiger partial charge is 0.272 e. The van der Waals surface area contributed by atoms with Gasteiger partial charge < -0.3 is 0 Å². The van der Waals surface area contributed by atoms with Gasteiger partial charge in [0.25, 0.3) is 5.91 Å². The second kappa shape index (κ2) is 4.02. The highest BCUT2D eigenvalue weighted by Crippen LogP contribution is 2.32. The van der Waals surface area contributed by atoms with Crippen LogP contribution in [-0.4, -0.2) is 11.6 Å². The SMILES string of the molecule is CC1=NN(c2ccccc2SF)C(=O)C1. The highest BCUT2D eigenvalue weighted by atomic mass is 32.2. The van der Waals surface area contributed by atoms with Gasteiger partial charge in [0.1, 0.15) is 0 Å². The van der Waals surface area contributed by atoms with E-state index in [1.54, 1.807) is 31.2 Å². The summed E-state index contributed by atoms with van der Waals surface area (Å²) in [7, 11) is 0. The van der Waals surface area contributed by atoms with E-state index in [1.165, 1.54) is 5.01 Å². The summed E-state index contributed by atoms with van der Waals surface area (Å²) in [5.74, 6) is -0.117. The van der Waals surface area contributed by atoms with Gasteiger partial charge in [-0.3, -0.25) is 4.79 Å². The summed E-state index contributed by atoms with van der Waals surface area (Å²) < 4.78 is 12.6. The third kappa shape index (κ3) is 1.87. The molecule has 0 aromatic heterocycles. The average Bonchev–Trinajstić information content (AvgIpc) is 2.57. The molecule has 5 heteroatoms. The number of hydrogen-bond donors (Lipinski definition) is 0.